The zero-order valence-electron chi connectivity index (χ0n) is 12.3. The van der Waals surface area contributed by atoms with Crippen molar-refractivity contribution in [3.63, 3.8) is 0 Å². The minimum absolute atomic E-state index is 0.227. The molecule has 5 nitrogen and oxygen atoms in total. The maximum absolute atomic E-state index is 4.08. The zero-order valence-corrected chi connectivity index (χ0v) is 12.3. The van der Waals surface area contributed by atoms with Crippen LogP contribution < -0.4 is 0 Å². The normalized spacial score (nSPS) is 11.8. The molecule has 20 heavy (non-hydrogen) atoms. The molecule has 0 aliphatic heterocycles. The zero-order chi connectivity index (χ0) is 14.4. The summed E-state index contributed by atoms with van der Waals surface area (Å²) in [4.78, 5) is 18.7. The number of nitrogens with zero attached hydrogens (tertiary/aromatic N) is 5. The Morgan fingerprint density at radius 3 is 1.55 bits per heavy atom. The molecule has 0 unspecified atom stereocenters. The van der Waals surface area contributed by atoms with Gasteiger partial charge in [0.05, 0.1) is 0 Å². The van der Waals surface area contributed by atoms with Gasteiger partial charge in [0.2, 0.25) is 0 Å². The van der Waals surface area contributed by atoms with Crippen LogP contribution >= 0.6 is 0 Å². The Morgan fingerprint density at radius 1 is 0.800 bits per heavy atom. The molecule has 2 rings (SSSR count). The van der Waals surface area contributed by atoms with Crippen LogP contribution in [-0.4, -0.2) is 31.4 Å². The molecule has 0 aliphatic rings. The van der Waals surface area contributed by atoms with Crippen molar-refractivity contribution < 1.29 is 0 Å². The van der Waals surface area contributed by atoms with Crippen LogP contribution in [-0.2, 0) is 13.1 Å². The molecule has 0 aliphatic carbocycles. The summed E-state index contributed by atoms with van der Waals surface area (Å²) in [5.41, 5.74) is 2.47. The third-order valence-corrected chi connectivity index (χ3v) is 2.74. The van der Waals surface area contributed by atoms with Crippen molar-refractivity contribution in [3.8, 4) is 0 Å². The van der Waals surface area contributed by atoms with Gasteiger partial charge in [0, 0.05) is 55.5 Å². The van der Waals surface area contributed by atoms with Crippen LogP contribution in [0.1, 0.15) is 31.9 Å². The lowest BCUT2D eigenvalue weighted by atomic mass is 9.95. The van der Waals surface area contributed by atoms with E-state index in [9.17, 15) is 0 Å². The van der Waals surface area contributed by atoms with E-state index in [-0.39, 0.29) is 5.41 Å². The Labute approximate surface area is 120 Å². The third-order valence-electron chi connectivity index (χ3n) is 2.74. The number of aromatic nitrogens is 4. The molecular weight excluding hydrogens is 250 g/mol. The van der Waals surface area contributed by atoms with Gasteiger partial charge in [0.25, 0.3) is 0 Å². The highest BCUT2D eigenvalue weighted by Gasteiger charge is 2.17. The Kier molecular flexibility index (Phi) is 4.74. The molecular formula is C15H21N5. The summed E-state index contributed by atoms with van der Waals surface area (Å²) < 4.78 is 0. The van der Waals surface area contributed by atoms with Gasteiger partial charge >= 0.3 is 0 Å². The van der Waals surface area contributed by atoms with E-state index in [1.807, 2.05) is 24.8 Å². The van der Waals surface area contributed by atoms with E-state index < -0.39 is 0 Å². The first-order chi connectivity index (χ1) is 9.53. The van der Waals surface area contributed by atoms with E-state index >= 15 is 0 Å². The summed E-state index contributed by atoms with van der Waals surface area (Å²) in [6, 6.07) is 0. The molecule has 0 spiro atoms. The van der Waals surface area contributed by atoms with Crippen LogP contribution in [0.15, 0.2) is 37.4 Å². The Morgan fingerprint density at radius 2 is 1.20 bits per heavy atom. The van der Waals surface area contributed by atoms with Crippen molar-refractivity contribution in [2.75, 3.05) is 6.54 Å². The second-order valence-corrected chi connectivity index (χ2v) is 6.20. The summed E-state index contributed by atoms with van der Waals surface area (Å²) in [5, 5.41) is 0. The lowest BCUT2D eigenvalue weighted by Crippen LogP contribution is -2.32. The van der Waals surface area contributed by atoms with E-state index in [0.717, 1.165) is 30.8 Å². The van der Waals surface area contributed by atoms with Crippen LogP contribution in [0, 0.1) is 5.41 Å². The van der Waals surface area contributed by atoms with E-state index in [4.69, 9.17) is 0 Å². The lowest BCUT2D eigenvalue weighted by molar-refractivity contribution is 0.176. The molecule has 0 fully saturated rings. The minimum atomic E-state index is 0.227. The van der Waals surface area contributed by atoms with E-state index in [1.165, 1.54) is 0 Å². The molecule has 0 saturated carbocycles. The molecule has 0 amide bonds. The summed E-state index contributed by atoms with van der Waals surface area (Å²) in [5.74, 6) is 0. The topological polar surface area (TPSA) is 54.8 Å². The van der Waals surface area contributed by atoms with Crippen molar-refractivity contribution >= 4 is 0 Å². The summed E-state index contributed by atoms with van der Waals surface area (Å²) in [7, 11) is 0. The van der Waals surface area contributed by atoms with E-state index in [1.54, 1.807) is 12.7 Å². The number of hydrogen-bond acceptors (Lipinski definition) is 5. The quantitative estimate of drug-likeness (QED) is 0.835. The first-order valence-corrected chi connectivity index (χ1v) is 6.73. The van der Waals surface area contributed by atoms with E-state index in [0.29, 0.717) is 0 Å². The lowest BCUT2D eigenvalue weighted by Gasteiger charge is -2.29. The van der Waals surface area contributed by atoms with Crippen LogP contribution in [0.25, 0.3) is 0 Å². The second kappa shape index (κ2) is 6.52. The summed E-state index contributed by atoms with van der Waals surface area (Å²) in [6.07, 6.45) is 10.6. The van der Waals surface area contributed by atoms with Crippen molar-refractivity contribution in [1.82, 2.24) is 24.8 Å². The standard InChI is InChI=1S/C15H21N5/c1-15(2,3)10-20(8-13-4-16-11-17-5-13)9-14-6-18-12-19-7-14/h4-7,11-12H,8-10H2,1-3H3. The smallest absolute Gasteiger partial charge is 0.115 e. The first-order valence-electron chi connectivity index (χ1n) is 6.73. The molecule has 2 aromatic rings. The van der Waals surface area contributed by atoms with Gasteiger partial charge in [-0.1, -0.05) is 20.8 Å². The molecule has 2 heterocycles. The van der Waals surface area contributed by atoms with Gasteiger partial charge in [-0.2, -0.15) is 0 Å². The molecule has 5 heteroatoms. The predicted molar refractivity (Wildman–Crippen MR) is 77.6 cm³/mol. The fourth-order valence-corrected chi connectivity index (χ4v) is 2.18. The Bertz CT molecular complexity index is 465. The largest absolute Gasteiger partial charge is 0.294 e. The molecule has 2 aromatic heterocycles. The number of rotatable bonds is 5. The van der Waals surface area contributed by atoms with Crippen molar-refractivity contribution in [2.45, 2.75) is 33.9 Å². The highest BCUT2D eigenvalue weighted by Crippen LogP contribution is 2.18. The fraction of sp³-hybridized carbons (Fsp3) is 0.467. The summed E-state index contributed by atoms with van der Waals surface area (Å²) in [6.45, 7) is 9.35. The summed E-state index contributed by atoms with van der Waals surface area (Å²) >= 11 is 0. The van der Waals surface area contributed by atoms with Crippen LogP contribution in [0.2, 0.25) is 0 Å². The second-order valence-electron chi connectivity index (χ2n) is 6.20. The molecule has 0 bridgehead atoms. The highest BCUT2D eigenvalue weighted by molar-refractivity contribution is 5.05. The third kappa shape index (κ3) is 5.01. The number of hydrogen-bond donors (Lipinski definition) is 0. The van der Waals surface area contributed by atoms with E-state index in [2.05, 4.69) is 45.6 Å². The van der Waals surface area contributed by atoms with Crippen LogP contribution in [0.3, 0.4) is 0 Å². The van der Waals surface area contributed by atoms with Gasteiger partial charge in [-0.3, -0.25) is 4.90 Å². The monoisotopic (exact) mass is 271 g/mol. The highest BCUT2D eigenvalue weighted by atomic mass is 15.1. The van der Waals surface area contributed by atoms with Gasteiger partial charge in [-0.15, -0.1) is 0 Å². The van der Waals surface area contributed by atoms with Gasteiger partial charge < -0.3 is 0 Å². The van der Waals surface area contributed by atoms with Crippen molar-refractivity contribution in [3.05, 3.63) is 48.6 Å². The van der Waals surface area contributed by atoms with Gasteiger partial charge in [-0.05, 0) is 5.41 Å². The first kappa shape index (κ1) is 14.5. The van der Waals surface area contributed by atoms with Gasteiger partial charge in [-0.25, -0.2) is 19.9 Å². The van der Waals surface area contributed by atoms with Crippen LogP contribution in [0.4, 0.5) is 0 Å². The molecule has 0 saturated heterocycles. The molecule has 106 valence electrons. The maximum atomic E-state index is 4.08. The molecule has 0 N–H and O–H groups in total. The molecule has 0 atom stereocenters. The van der Waals surface area contributed by atoms with Crippen LogP contribution in [0.5, 0.6) is 0 Å². The maximum Gasteiger partial charge on any atom is 0.115 e. The molecule has 0 radical (unpaired) electrons. The van der Waals surface area contributed by atoms with Gasteiger partial charge in [0.15, 0.2) is 0 Å². The molecule has 0 aromatic carbocycles. The van der Waals surface area contributed by atoms with Crippen molar-refractivity contribution in [2.24, 2.45) is 5.41 Å². The minimum Gasteiger partial charge on any atom is -0.294 e. The SMILES string of the molecule is CC(C)(C)CN(Cc1cncnc1)Cc1cncnc1. The average Bonchev–Trinajstić information content (AvgIpc) is 2.39. The Balaban J connectivity index is 2.08. The average molecular weight is 271 g/mol. The van der Waals surface area contributed by atoms with Crippen molar-refractivity contribution in [1.29, 1.82) is 0 Å². The van der Waals surface area contributed by atoms with Gasteiger partial charge in [0.1, 0.15) is 12.7 Å². The Hall–Kier alpha value is -1.88. The predicted octanol–water partition coefficient (Wildman–Crippen LogP) is 2.31. The fourth-order valence-electron chi connectivity index (χ4n) is 2.18.